The molecule has 58 heavy (non-hydrogen) atoms. The van der Waals surface area contributed by atoms with E-state index >= 15 is 0 Å². The van der Waals surface area contributed by atoms with Gasteiger partial charge in [-0.15, -0.1) is 0 Å². The number of rotatable bonds is 49. The van der Waals surface area contributed by atoms with Crippen LogP contribution in [-0.2, 0) is 4.79 Å². The second-order valence-electron chi connectivity index (χ2n) is 18.3. The van der Waals surface area contributed by atoms with Crippen molar-refractivity contribution in [2.45, 2.75) is 309 Å². The minimum absolute atomic E-state index is 0.0619. The first-order chi connectivity index (χ1) is 28.7. The molecule has 0 radical (unpaired) electrons. The van der Waals surface area contributed by atoms with Crippen molar-refractivity contribution in [3.05, 3.63) is 24.3 Å². The average Bonchev–Trinajstić information content (AvgIpc) is 3.23. The van der Waals surface area contributed by atoms with Gasteiger partial charge in [0, 0.05) is 6.42 Å². The molecule has 1 amide bonds. The third-order valence-electron chi connectivity index (χ3n) is 12.4. The molecule has 0 aliphatic carbocycles. The molecule has 2 unspecified atom stereocenters. The number of carbonyl (C=O) groups excluding carboxylic acids is 1. The Morgan fingerprint density at radius 2 is 0.655 bits per heavy atom. The molecule has 0 aliphatic rings. The second kappa shape index (κ2) is 50.2. The van der Waals surface area contributed by atoms with Crippen LogP contribution in [0.2, 0.25) is 0 Å². The van der Waals surface area contributed by atoms with Gasteiger partial charge in [-0.25, -0.2) is 0 Å². The van der Waals surface area contributed by atoms with Crippen LogP contribution in [0.4, 0.5) is 0 Å². The Morgan fingerprint density at radius 1 is 0.397 bits per heavy atom. The molecule has 0 aromatic heterocycles. The highest BCUT2D eigenvalue weighted by Gasteiger charge is 2.18. The Balaban J connectivity index is 3.49. The summed E-state index contributed by atoms with van der Waals surface area (Å²) in [5.74, 6) is -0.0619. The molecule has 0 fully saturated rings. The summed E-state index contributed by atoms with van der Waals surface area (Å²) in [5.41, 5.74) is 0. The van der Waals surface area contributed by atoms with Crippen LogP contribution in [0.3, 0.4) is 0 Å². The van der Waals surface area contributed by atoms with Crippen molar-refractivity contribution in [2.24, 2.45) is 0 Å². The molecule has 0 aromatic rings. The molecule has 0 spiro atoms. The predicted octanol–water partition coefficient (Wildman–Crippen LogP) is 17.1. The number of hydrogen-bond acceptors (Lipinski definition) is 3. The number of carbonyl (C=O) groups is 1. The summed E-state index contributed by atoms with van der Waals surface area (Å²) >= 11 is 0. The first kappa shape index (κ1) is 56.9. The number of aliphatic hydroxyl groups excluding tert-OH is 2. The van der Waals surface area contributed by atoms with Crippen LogP contribution < -0.4 is 5.32 Å². The van der Waals surface area contributed by atoms with Crippen LogP contribution >= 0.6 is 0 Å². The lowest BCUT2D eigenvalue weighted by atomic mass is 10.0. The van der Waals surface area contributed by atoms with E-state index in [0.717, 1.165) is 25.7 Å². The van der Waals surface area contributed by atoms with Crippen LogP contribution in [-0.4, -0.2) is 34.9 Å². The van der Waals surface area contributed by atoms with Crippen LogP contribution in [0.5, 0.6) is 0 Å². The number of nitrogens with one attached hydrogen (secondary N) is 1. The zero-order valence-corrected chi connectivity index (χ0v) is 39.6. The van der Waals surface area contributed by atoms with E-state index in [1.807, 2.05) is 6.08 Å². The Hall–Kier alpha value is -1.13. The molecule has 0 rings (SSSR count). The molecule has 0 aliphatic heterocycles. The van der Waals surface area contributed by atoms with Crippen LogP contribution in [0.25, 0.3) is 0 Å². The highest BCUT2D eigenvalue weighted by Crippen LogP contribution is 2.17. The zero-order chi connectivity index (χ0) is 42.1. The summed E-state index contributed by atoms with van der Waals surface area (Å²) in [5, 5.41) is 23.1. The largest absolute Gasteiger partial charge is 0.394 e. The molecule has 0 saturated heterocycles. The fraction of sp³-hybridized carbons (Fsp3) is 0.907. The van der Waals surface area contributed by atoms with Gasteiger partial charge in [-0.1, -0.05) is 269 Å². The number of aliphatic hydroxyl groups is 2. The van der Waals surface area contributed by atoms with E-state index in [4.69, 9.17) is 0 Å². The van der Waals surface area contributed by atoms with Crippen molar-refractivity contribution in [3.8, 4) is 0 Å². The molecule has 0 saturated carbocycles. The minimum atomic E-state index is -0.839. The van der Waals surface area contributed by atoms with Crippen molar-refractivity contribution in [3.63, 3.8) is 0 Å². The van der Waals surface area contributed by atoms with Crippen molar-refractivity contribution in [1.82, 2.24) is 5.32 Å². The van der Waals surface area contributed by atoms with Gasteiger partial charge in [0.15, 0.2) is 0 Å². The van der Waals surface area contributed by atoms with Crippen molar-refractivity contribution < 1.29 is 15.0 Å². The number of unbranched alkanes of at least 4 members (excludes halogenated alkanes) is 40. The fourth-order valence-corrected chi connectivity index (χ4v) is 8.35. The highest BCUT2D eigenvalue weighted by molar-refractivity contribution is 5.76. The van der Waals surface area contributed by atoms with Crippen molar-refractivity contribution in [1.29, 1.82) is 0 Å². The highest BCUT2D eigenvalue weighted by atomic mass is 16.3. The van der Waals surface area contributed by atoms with E-state index in [2.05, 4.69) is 31.3 Å². The molecule has 3 N–H and O–H groups in total. The van der Waals surface area contributed by atoms with Crippen molar-refractivity contribution in [2.75, 3.05) is 6.61 Å². The number of amides is 1. The molecule has 0 aromatic carbocycles. The summed E-state index contributed by atoms with van der Waals surface area (Å²) in [6.07, 6.45) is 66.1. The number of hydrogen-bond donors (Lipinski definition) is 3. The second-order valence-corrected chi connectivity index (χ2v) is 18.3. The Morgan fingerprint density at radius 3 is 0.948 bits per heavy atom. The van der Waals surface area contributed by atoms with Gasteiger partial charge in [0.25, 0.3) is 0 Å². The van der Waals surface area contributed by atoms with E-state index in [1.165, 1.54) is 250 Å². The molecule has 0 heterocycles. The van der Waals surface area contributed by atoms with Crippen LogP contribution in [0, 0.1) is 0 Å². The third-order valence-corrected chi connectivity index (χ3v) is 12.4. The summed E-state index contributed by atoms with van der Waals surface area (Å²) in [7, 11) is 0. The first-order valence-corrected chi connectivity index (χ1v) is 26.6. The van der Waals surface area contributed by atoms with Gasteiger partial charge in [-0.05, 0) is 44.9 Å². The summed E-state index contributed by atoms with van der Waals surface area (Å²) in [4.78, 5) is 12.4. The molecule has 4 nitrogen and oxygen atoms in total. The summed E-state index contributed by atoms with van der Waals surface area (Å²) < 4.78 is 0. The lowest BCUT2D eigenvalue weighted by Crippen LogP contribution is -2.45. The zero-order valence-electron chi connectivity index (χ0n) is 39.6. The van der Waals surface area contributed by atoms with E-state index in [-0.39, 0.29) is 12.5 Å². The molecule has 0 bridgehead atoms. The maximum atomic E-state index is 12.4. The van der Waals surface area contributed by atoms with Gasteiger partial charge in [-0.3, -0.25) is 4.79 Å². The Labute approximate surface area is 364 Å². The quantitative estimate of drug-likeness (QED) is 0.0423. The van der Waals surface area contributed by atoms with Gasteiger partial charge in [0.05, 0.1) is 18.8 Å². The molecule has 4 heteroatoms. The molecular formula is C54H105NO3. The van der Waals surface area contributed by atoms with Gasteiger partial charge in [0.1, 0.15) is 0 Å². The minimum Gasteiger partial charge on any atom is -0.394 e. The molecular weight excluding hydrogens is 711 g/mol. The standard InChI is InChI=1S/C54H105NO3/c1-3-5-7-9-11-13-15-17-19-21-23-25-26-27-28-30-31-33-35-37-39-41-43-45-47-49-53(57)52(51-56)55-54(58)50-48-46-44-42-40-38-36-34-32-29-24-22-20-18-16-14-12-10-8-6-4-2/h22,24,47,49,52-53,56-57H,3-21,23,25-46,48,50-51H2,1-2H3,(H,55,58)/b24-22-,49-47+. The maximum Gasteiger partial charge on any atom is 0.220 e. The van der Waals surface area contributed by atoms with Crippen LogP contribution in [0.15, 0.2) is 24.3 Å². The van der Waals surface area contributed by atoms with E-state index in [9.17, 15) is 15.0 Å². The molecule has 344 valence electrons. The summed E-state index contributed by atoms with van der Waals surface area (Å²) in [6, 6.07) is -0.622. The average molecular weight is 816 g/mol. The van der Waals surface area contributed by atoms with Gasteiger partial charge < -0.3 is 15.5 Å². The lowest BCUT2D eigenvalue weighted by Gasteiger charge is -2.20. The van der Waals surface area contributed by atoms with Gasteiger partial charge in [-0.2, -0.15) is 0 Å². The molecule has 2 atom stereocenters. The smallest absolute Gasteiger partial charge is 0.220 e. The topological polar surface area (TPSA) is 69.6 Å². The lowest BCUT2D eigenvalue weighted by molar-refractivity contribution is -0.123. The van der Waals surface area contributed by atoms with Gasteiger partial charge >= 0.3 is 0 Å². The first-order valence-electron chi connectivity index (χ1n) is 26.6. The fourth-order valence-electron chi connectivity index (χ4n) is 8.35. The van der Waals surface area contributed by atoms with Crippen LogP contribution in [0.1, 0.15) is 296 Å². The van der Waals surface area contributed by atoms with E-state index in [1.54, 1.807) is 6.08 Å². The number of allylic oxidation sites excluding steroid dienone is 3. The van der Waals surface area contributed by atoms with Gasteiger partial charge in [0.2, 0.25) is 5.91 Å². The maximum absolute atomic E-state index is 12.4. The Kier molecular flexibility index (Phi) is 49.2. The van der Waals surface area contributed by atoms with Crippen molar-refractivity contribution >= 4 is 5.91 Å². The summed E-state index contributed by atoms with van der Waals surface area (Å²) in [6.45, 7) is 4.34. The normalized spacial score (nSPS) is 13.0. The SMILES string of the molecule is CCCCCCCCCC/C=C\CCCCCCCCCCCC(=O)NC(CO)C(O)/C=C/CCCCCCCCCCCCCCCCCCCCCCCCC. The monoisotopic (exact) mass is 816 g/mol. The Bertz CT molecular complexity index is 840. The van der Waals surface area contributed by atoms with E-state index in [0.29, 0.717) is 6.42 Å². The van der Waals surface area contributed by atoms with E-state index < -0.39 is 12.1 Å². The predicted molar refractivity (Wildman–Crippen MR) is 258 cm³/mol. The third kappa shape index (κ3) is 45.9.